The second kappa shape index (κ2) is 9.33. The predicted molar refractivity (Wildman–Crippen MR) is 106 cm³/mol. The van der Waals surface area contributed by atoms with Crippen molar-refractivity contribution in [1.82, 2.24) is 0 Å². The maximum absolute atomic E-state index is 10.1. The van der Waals surface area contributed by atoms with Gasteiger partial charge in [-0.25, -0.2) is 0 Å². The van der Waals surface area contributed by atoms with E-state index in [1.54, 1.807) is 30.4 Å². The van der Waals surface area contributed by atoms with E-state index in [0.717, 1.165) is 0 Å². The fraction of sp³-hybridized carbons (Fsp3) is 0.333. The molecule has 1 aliphatic rings. The van der Waals surface area contributed by atoms with Gasteiger partial charge in [0.25, 0.3) is 0 Å². The van der Waals surface area contributed by atoms with E-state index in [4.69, 9.17) is 14.2 Å². The van der Waals surface area contributed by atoms with E-state index < -0.39 is 37.3 Å². The first-order valence-corrected chi connectivity index (χ1v) is 9.18. The molecule has 9 heteroatoms. The highest BCUT2D eigenvalue weighted by Gasteiger charge is 2.44. The van der Waals surface area contributed by atoms with Crippen molar-refractivity contribution >= 4 is 12.2 Å². The van der Waals surface area contributed by atoms with Crippen molar-refractivity contribution in [3.63, 3.8) is 0 Å². The number of aliphatic hydroxyl groups excluding tert-OH is 4. The lowest BCUT2D eigenvalue weighted by Crippen LogP contribution is -2.60. The highest BCUT2D eigenvalue weighted by Crippen LogP contribution is 2.30. The molecule has 0 unspecified atom stereocenters. The smallest absolute Gasteiger partial charge is 0.229 e. The number of methoxy groups -OCH3 is 1. The van der Waals surface area contributed by atoms with Gasteiger partial charge in [-0.1, -0.05) is 18.2 Å². The molecule has 0 aromatic heterocycles. The molecular weight excluding hydrogens is 396 g/mol. The Hall–Kier alpha value is -2.82. The molecule has 30 heavy (non-hydrogen) atoms. The zero-order valence-corrected chi connectivity index (χ0v) is 16.1. The fourth-order valence-corrected chi connectivity index (χ4v) is 3.07. The molecule has 162 valence electrons. The largest absolute Gasteiger partial charge is 0.508 e. The summed E-state index contributed by atoms with van der Waals surface area (Å²) in [4.78, 5) is 0. The van der Waals surface area contributed by atoms with E-state index in [0.29, 0.717) is 16.9 Å². The number of hydrogen-bond donors (Lipinski definition) is 6. The van der Waals surface area contributed by atoms with E-state index in [2.05, 4.69) is 0 Å². The van der Waals surface area contributed by atoms with Crippen LogP contribution in [-0.4, -0.2) is 75.1 Å². The first-order chi connectivity index (χ1) is 14.3. The minimum Gasteiger partial charge on any atom is -0.508 e. The molecule has 0 aliphatic carbocycles. The van der Waals surface area contributed by atoms with Crippen LogP contribution >= 0.6 is 0 Å². The Morgan fingerprint density at radius 2 is 1.67 bits per heavy atom. The molecule has 2 aromatic rings. The fourth-order valence-electron chi connectivity index (χ4n) is 3.07. The molecule has 9 nitrogen and oxygen atoms in total. The maximum Gasteiger partial charge on any atom is 0.229 e. The van der Waals surface area contributed by atoms with Gasteiger partial charge in [0.15, 0.2) is 11.5 Å². The molecule has 3 rings (SSSR count). The molecule has 5 atom stereocenters. The summed E-state index contributed by atoms with van der Waals surface area (Å²) in [6.45, 7) is -0.576. The van der Waals surface area contributed by atoms with Gasteiger partial charge in [-0.15, -0.1) is 0 Å². The number of rotatable bonds is 6. The predicted octanol–water partition coefficient (Wildman–Crippen LogP) is 0.455. The first kappa shape index (κ1) is 21.9. The molecule has 1 saturated heterocycles. The number of aromatic hydroxyl groups is 2. The van der Waals surface area contributed by atoms with Crippen molar-refractivity contribution in [2.45, 2.75) is 30.7 Å². The summed E-state index contributed by atoms with van der Waals surface area (Å²) < 4.78 is 15.8. The Labute approximate surface area is 172 Å². The number of phenolic OH excluding ortho intramolecular Hbond substituents is 2. The van der Waals surface area contributed by atoms with Gasteiger partial charge in [-0.2, -0.15) is 0 Å². The van der Waals surface area contributed by atoms with Crippen LogP contribution in [0.3, 0.4) is 0 Å². The summed E-state index contributed by atoms with van der Waals surface area (Å²) in [6, 6.07) is 9.19. The third kappa shape index (κ3) is 4.84. The van der Waals surface area contributed by atoms with Gasteiger partial charge in [-0.3, -0.25) is 0 Å². The normalized spacial score (nSPS) is 26.6. The lowest BCUT2D eigenvalue weighted by molar-refractivity contribution is -0.277. The highest BCUT2D eigenvalue weighted by molar-refractivity contribution is 5.72. The third-order valence-electron chi connectivity index (χ3n) is 4.69. The van der Waals surface area contributed by atoms with Crippen molar-refractivity contribution in [2.75, 3.05) is 13.7 Å². The van der Waals surface area contributed by atoms with Gasteiger partial charge in [0.2, 0.25) is 6.29 Å². The summed E-state index contributed by atoms with van der Waals surface area (Å²) in [5.74, 6) is 0.354. The standard InChI is InChI=1S/C21H24O9/c1-28-16-5-4-11(8-15(16)24)2-3-12-6-13(23)9-14(7-12)29-21-20(27)19(26)18(25)17(10-22)30-21/h2-9,17-27H,10H2,1H3/b3-2+/t17-,18+,19+,20+,21-/m0/s1. The Balaban J connectivity index is 1.77. The molecule has 0 amide bonds. The lowest BCUT2D eigenvalue weighted by atomic mass is 9.99. The molecular formula is C21H24O9. The van der Waals surface area contributed by atoms with Crippen LogP contribution < -0.4 is 9.47 Å². The maximum atomic E-state index is 10.1. The van der Waals surface area contributed by atoms with Crippen LogP contribution in [0.4, 0.5) is 0 Å². The molecule has 0 radical (unpaired) electrons. The van der Waals surface area contributed by atoms with Crippen LogP contribution in [0.5, 0.6) is 23.0 Å². The quantitative estimate of drug-likeness (QED) is 0.366. The summed E-state index contributed by atoms with van der Waals surface area (Å²) in [5.41, 5.74) is 1.23. The Morgan fingerprint density at radius 1 is 0.933 bits per heavy atom. The van der Waals surface area contributed by atoms with Gasteiger partial charge in [0.1, 0.15) is 35.9 Å². The zero-order chi connectivity index (χ0) is 21.8. The summed E-state index contributed by atoms with van der Waals surface area (Å²) in [5, 5.41) is 58.9. The van der Waals surface area contributed by atoms with Crippen molar-refractivity contribution in [3.8, 4) is 23.0 Å². The van der Waals surface area contributed by atoms with E-state index in [1.807, 2.05) is 0 Å². The molecule has 2 aromatic carbocycles. The van der Waals surface area contributed by atoms with Gasteiger partial charge in [-0.05, 0) is 35.4 Å². The van der Waals surface area contributed by atoms with E-state index in [9.17, 15) is 30.6 Å². The van der Waals surface area contributed by atoms with Crippen LogP contribution in [0.1, 0.15) is 11.1 Å². The Kier molecular flexibility index (Phi) is 6.80. The van der Waals surface area contributed by atoms with Crippen molar-refractivity contribution in [1.29, 1.82) is 0 Å². The minimum atomic E-state index is -1.57. The first-order valence-electron chi connectivity index (χ1n) is 9.18. The number of aliphatic hydroxyl groups is 4. The van der Waals surface area contributed by atoms with Crippen LogP contribution in [-0.2, 0) is 4.74 Å². The number of hydrogen-bond acceptors (Lipinski definition) is 9. The zero-order valence-electron chi connectivity index (χ0n) is 16.1. The molecule has 0 saturated carbocycles. The van der Waals surface area contributed by atoms with Crippen LogP contribution in [0.15, 0.2) is 36.4 Å². The number of phenols is 2. The molecule has 6 N–H and O–H groups in total. The minimum absolute atomic E-state index is 0.0119. The number of ether oxygens (including phenoxy) is 3. The van der Waals surface area contributed by atoms with Gasteiger partial charge >= 0.3 is 0 Å². The van der Waals surface area contributed by atoms with Crippen LogP contribution in [0.25, 0.3) is 12.2 Å². The van der Waals surface area contributed by atoms with Crippen LogP contribution in [0, 0.1) is 0 Å². The monoisotopic (exact) mass is 420 g/mol. The summed E-state index contributed by atoms with van der Waals surface area (Å²) in [7, 11) is 1.45. The molecule has 1 fully saturated rings. The van der Waals surface area contributed by atoms with Crippen molar-refractivity contribution in [3.05, 3.63) is 47.5 Å². The van der Waals surface area contributed by atoms with E-state index >= 15 is 0 Å². The molecule has 1 heterocycles. The SMILES string of the molecule is COc1ccc(/C=C/c2cc(O)cc(O[C@H]3O[C@@H](CO)[C@@H](O)[C@@H](O)[C@H]3O)c2)cc1O. The van der Waals surface area contributed by atoms with Gasteiger partial charge in [0, 0.05) is 6.07 Å². The summed E-state index contributed by atoms with van der Waals surface area (Å²) in [6.07, 6.45) is -3.72. The second-order valence-electron chi connectivity index (χ2n) is 6.84. The van der Waals surface area contributed by atoms with Crippen LogP contribution in [0.2, 0.25) is 0 Å². The van der Waals surface area contributed by atoms with E-state index in [-0.39, 0.29) is 17.2 Å². The Morgan fingerprint density at radius 3 is 2.33 bits per heavy atom. The molecule has 1 aliphatic heterocycles. The summed E-state index contributed by atoms with van der Waals surface area (Å²) >= 11 is 0. The van der Waals surface area contributed by atoms with Gasteiger partial charge < -0.3 is 44.8 Å². The van der Waals surface area contributed by atoms with Crippen molar-refractivity contribution < 1.29 is 44.8 Å². The van der Waals surface area contributed by atoms with Crippen molar-refractivity contribution in [2.24, 2.45) is 0 Å². The van der Waals surface area contributed by atoms with E-state index in [1.165, 1.54) is 25.3 Å². The molecule has 0 spiro atoms. The number of benzene rings is 2. The lowest BCUT2D eigenvalue weighted by Gasteiger charge is -2.39. The average molecular weight is 420 g/mol. The average Bonchev–Trinajstić information content (AvgIpc) is 2.72. The highest BCUT2D eigenvalue weighted by atomic mass is 16.7. The molecule has 0 bridgehead atoms. The second-order valence-corrected chi connectivity index (χ2v) is 6.84. The third-order valence-corrected chi connectivity index (χ3v) is 4.69. The van der Waals surface area contributed by atoms with Gasteiger partial charge in [0.05, 0.1) is 13.7 Å². The topological polar surface area (TPSA) is 149 Å². The Bertz CT molecular complexity index is 896.